The normalized spacial score (nSPS) is 13.9. The Kier molecular flexibility index (Phi) is 4.99. The second-order valence-electron chi connectivity index (χ2n) is 6.82. The largest absolute Gasteiger partial charge is 0.299 e. The molecule has 0 radical (unpaired) electrons. The summed E-state index contributed by atoms with van der Waals surface area (Å²) in [5, 5.41) is 3.73. The third-order valence-electron chi connectivity index (χ3n) is 5.22. The maximum atomic E-state index is 14.2. The van der Waals surface area contributed by atoms with Gasteiger partial charge in [-0.1, -0.05) is 109 Å². The number of allylic oxidation sites excluding steroid dienone is 4. The van der Waals surface area contributed by atoms with Crippen molar-refractivity contribution in [3.63, 3.8) is 0 Å². The zero-order chi connectivity index (χ0) is 18.5. The highest BCUT2D eigenvalue weighted by Gasteiger charge is 2.48. The number of carbonyl (C=O) groups is 1. The van der Waals surface area contributed by atoms with Gasteiger partial charge in [0.2, 0.25) is 8.07 Å². The molecule has 0 atom stereocenters. The van der Waals surface area contributed by atoms with Crippen molar-refractivity contribution in [2.75, 3.05) is 0 Å². The van der Waals surface area contributed by atoms with Crippen molar-refractivity contribution >= 4 is 23.9 Å². The van der Waals surface area contributed by atoms with Crippen LogP contribution < -0.4 is 10.4 Å². The van der Waals surface area contributed by atoms with Crippen molar-refractivity contribution in [1.82, 2.24) is 0 Å². The van der Waals surface area contributed by atoms with E-state index < -0.39 is 8.07 Å². The van der Waals surface area contributed by atoms with Crippen molar-refractivity contribution in [1.29, 1.82) is 0 Å². The van der Waals surface area contributed by atoms with Gasteiger partial charge in [0.15, 0.2) is 5.41 Å². The quantitative estimate of drug-likeness (QED) is 0.608. The molecule has 0 saturated carbocycles. The first-order valence-corrected chi connectivity index (χ1v) is 11.4. The highest BCUT2D eigenvalue weighted by atomic mass is 28.3. The molecule has 3 aromatic carbocycles. The molecule has 0 fully saturated rings. The fourth-order valence-electron chi connectivity index (χ4n) is 3.97. The summed E-state index contributed by atoms with van der Waals surface area (Å²) in [4.78, 5) is 14.2. The van der Waals surface area contributed by atoms with Crippen LogP contribution in [0, 0.1) is 0 Å². The van der Waals surface area contributed by atoms with Crippen molar-refractivity contribution in [3.05, 3.63) is 120 Å². The van der Waals surface area contributed by atoms with Gasteiger partial charge in [-0.05, 0) is 28.4 Å². The predicted octanol–water partition coefficient (Wildman–Crippen LogP) is 4.49. The molecule has 0 aromatic heterocycles. The van der Waals surface area contributed by atoms with E-state index in [1.165, 1.54) is 5.20 Å². The monoisotopic (exact) mass is 366 g/mol. The van der Waals surface area contributed by atoms with Crippen molar-refractivity contribution < 1.29 is 4.79 Å². The summed E-state index contributed by atoms with van der Waals surface area (Å²) in [6, 6.07) is 30.5. The molecule has 4 rings (SSSR count). The Morgan fingerprint density at radius 3 is 1.67 bits per heavy atom. The molecule has 0 N–H and O–H groups in total. The highest BCUT2D eigenvalue weighted by Crippen LogP contribution is 2.26. The number of carbonyl (C=O) groups excluding carboxylic acids is 1. The summed E-state index contributed by atoms with van der Waals surface area (Å²) < 4.78 is 0. The van der Waals surface area contributed by atoms with Gasteiger partial charge in [0.25, 0.3) is 0 Å². The van der Waals surface area contributed by atoms with Crippen LogP contribution in [0.4, 0.5) is 0 Å². The molecular weight excluding hydrogens is 344 g/mol. The minimum Gasteiger partial charge on any atom is -0.299 e. The lowest BCUT2D eigenvalue weighted by molar-refractivity contribution is 0.107. The van der Waals surface area contributed by atoms with Crippen LogP contribution in [0.3, 0.4) is 0 Å². The molecule has 1 nitrogen and oxygen atoms in total. The molecule has 0 amide bonds. The molecule has 1 aliphatic rings. The molecule has 0 unspecified atom stereocenters. The van der Waals surface area contributed by atoms with E-state index in [-0.39, 0.29) is 5.41 Å². The van der Waals surface area contributed by atoms with E-state index in [0.29, 0.717) is 0 Å². The predicted molar refractivity (Wildman–Crippen MR) is 115 cm³/mol. The van der Waals surface area contributed by atoms with E-state index >= 15 is 0 Å². The van der Waals surface area contributed by atoms with Crippen molar-refractivity contribution in [2.24, 2.45) is 0 Å². The first-order chi connectivity index (χ1) is 13.3. The van der Waals surface area contributed by atoms with E-state index in [1.807, 2.05) is 66.7 Å². The molecule has 0 aliphatic heterocycles. The van der Waals surface area contributed by atoms with E-state index in [2.05, 4.69) is 42.5 Å². The molecule has 0 spiro atoms. The van der Waals surface area contributed by atoms with Crippen molar-refractivity contribution in [2.45, 2.75) is 12.8 Å². The number of benzene rings is 3. The summed E-state index contributed by atoms with van der Waals surface area (Å²) in [5.41, 5.74) is 0.789. The maximum absolute atomic E-state index is 14.2. The van der Waals surface area contributed by atoms with E-state index in [0.717, 1.165) is 28.8 Å². The van der Waals surface area contributed by atoms with Crippen LogP contribution in [0.1, 0.15) is 23.2 Å². The summed E-state index contributed by atoms with van der Waals surface area (Å²) in [7, 11) is -2.86. The number of hydrogen-bond donors (Lipinski definition) is 0. The minimum absolute atomic E-state index is 0.248. The Morgan fingerprint density at radius 2 is 1.19 bits per heavy atom. The topological polar surface area (TPSA) is 17.1 Å². The molecule has 0 heterocycles. The fraction of sp³-hybridized carbons (Fsp3) is 0.0800. The lowest BCUT2D eigenvalue weighted by atomic mass is 10.2. The van der Waals surface area contributed by atoms with Gasteiger partial charge >= 0.3 is 0 Å². The molecule has 0 bridgehead atoms. The fourth-order valence-corrected chi connectivity index (χ4v) is 8.56. The summed E-state index contributed by atoms with van der Waals surface area (Å²) in [6.45, 7) is 0. The van der Waals surface area contributed by atoms with Gasteiger partial charge in [0, 0.05) is 5.56 Å². The van der Waals surface area contributed by atoms with Gasteiger partial charge < -0.3 is 0 Å². The molecule has 1 aliphatic carbocycles. The summed E-state index contributed by atoms with van der Waals surface area (Å²) >= 11 is 0. The van der Waals surface area contributed by atoms with Crippen LogP contribution >= 0.6 is 0 Å². The van der Waals surface area contributed by atoms with Crippen LogP contribution in [0.25, 0.3) is 0 Å². The first-order valence-electron chi connectivity index (χ1n) is 9.41. The Morgan fingerprint density at radius 1 is 0.667 bits per heavy atom. The van der Waals surface area contributed by atoms with Gasteiger partial charge in [-0.3, -0.25) is 4.79 Å². The minimum atomic E-state index is -2.86. The van der Waals surface area contributed by atoms with Crippen LogP contribution in [-0.4, -0.2) is 13.5 Å². The second-order valence-corrected chi connectivity index (χ2v) is 10.5. The van der Waals surface area contributed by atoms with Gasteiger partial charge in [-0.25, -0.2) is 0 Å². The zero-order valence-electron chi connectivity index (χ0n) is 15.2. The molecule has 2 heteroatoms. The van der Waals surface area contributed by atoms with Crippen LogP contribution in [-0.2, 0) is 0 Å². The van der Waals surface area contributed by atoms with Gasteiger partial charge in [-0.2, -0.15) is 0 Å². The molecule has 3 aromatic rings. The summed E-state index contributed by atoms with van der Waals surface area (Å²) in [6.07, 6.45) is 8.71. The molecular formula is C25H22OSi. The Hall–Kier alpha value is -2.97. The average molecular weight is 367 g/mol. The van der Waals surface area contributed by atoms with Gasteiger partial charge in [0.05, 0.1) is 0 Å². The maximum Gasteiger partial charge on any atom is 0.230 e. The highest BCUT2D eigenvalue weighted by molar-refractivity contribution is 7.28. The SMILES string of the molecule is O=C(c1ccccc1)[Si](C1=CCCC=C1)(c1ccccc1)c1ccccc1. The Labute approximate surface area is 161 Å². The first kappa shape index (κ1) is 17.4. The second kappa shape index (κ2) is 7.73. The number of hydrogen-bond acceptors (Lipinski definition) is 1. The van der Waals surface area contributed by atoms with Gasteiger partial charge in [0.1, 0.15) is 0 Å². The van der Waals surface area contributed by atoms with E-state index in [1.54, 1.807) is 0 Å². The Bertz CT molecular complexity index is 933. The van der Waals surface area contributed by atoms with E-state index in [4.69, 9.17) is 0 Å². The van der Waals surface area contributed by atoms with E-state index in [9.17, 15) is 4.79 Å². The van der Waals surface area contributed by atoms with Crippen LogP contribution in [0.5, 0.6) is 0 Å². The smallest absolute Gasteiger partial charge is 0.230 e. The molecule has 0 saturated heterocycles. The Balaban J connectivity index is 2.05. The third-order valence-corrected chi connectivity index (χ3v) is 9.82. The zero-order valence-corrected chi connectivity index (χ0v) is 16.2. The standard InChI is InChI=1S/C25H22OSi/c26-25(21-13-5-1-6-14-21)27(22-15-7-2-8-16-22,23-17-9-3-10-18-23)24-19-11-4-12-20-24/h1-3,5-11,13-20H,4,12H2. The third kappa shape index (κ3) is 3.13. The van der Waals surface area contributed by atoms with Gasteiger partial charge in [-0.15, -0.1) is 0 Å². The molecule has 27 heavy (non-hydrogen) atoms. The number of rotatable bonds is 5. The molecule has 132 valence electrons. The van der Waals surface area contributed by atoms with Crippen LogP contribution in [0.15, 0.2) is 114 Å². The van der Waals surface area contributed by atoms with Crippen molar-refractivity contribution in [3.8, 4) is 0 Å². The van der Waals surface area contributed by atoms with Crippen LogP contribution in [0.2, 0.25) is 0 Å². The lowest BCUT2D eigenvalue weighted by Gasteiger charge is -2.33. The lowest BCUT2D eigenvalue weighted by Crippen LogP contribution is -2.66. The summed E-state index contributed by atoms with van der Waals surface area (Å²) in [5.74, 6) is 0. The average Bonchev–Trinajstić information content (AvgIpc) is 2.77.